The van der Waals surface area contributed by atoms with E-state index < -0.39 is 0 Å². The fourth-order valence-corrected chi connectivity index (χ4v) is 5.68. The van der Waals surface area contributed by atoms with Gasteiger partial charge in [0.15, 0.2) is 0 Å². The third-order valence-electron chi connectivity index (χ3n) is 7.24. The van der Waals surface area contributed by atoms with Gasteiger partial charge in [-0.3, -0.25) is 0 Å². The van der Waals surface area contributed by atoms with E-state index in [9.17, 15) is 0 Å². The van der Waals surface area contributed by atoms with Gasteiger partial charge in [-0.1, -0.05) is 108 Å². The molecule has 0 N–H and O–H groups in total. The fourth-order valence-electron chi connectivity index (χ4n) is 5.68. The van der Waals surface area contributed by atoms with Crippen LogP contribution in [0.1, 0.15) is 16.7 Å². The Morgan fingerprint density at radius 2 is 1.20 bits per heavy atom. The van der Waals surface area contributed by atoms with Gasteiger partial charge in [0, 0.05) is 17.1 Å². The normalized spacial score (nSPS) is 12.3. The largest absolute Gasteiger partial charge is 0.312 e. The molecule has 35 heavy (non-hydrogen) atoms. The molecule has 0 saturated heterocycles. The van der Waals surface area contributed by atoms with Crippen molar-refractivity contribution in [2.24, 2.45) is 0 Å². The van der Waals surface area contributed by atoms with Crippen LogP contribution in [0.25, 0.3) is 11.1 Å². The SMILES string of the molecule is Cc1cc(C)c2c(c1)N(c1ccccc1)c1ccccc1B2c1cc(-c2ccccc2)ccc1C. The van der Waals surface area contributed by atoms with Crippen LogP contribution in [0.3, 0.4) is 0 Å². The minimum absolute atomic E-state index is 0.172. The summed E-state index contributed by atoms with van der Waals surface area (Å²) in [7, 11) is 0. The second-order valence-electron chi connectivity index (χ2n) is 9.61. The molecule has 0 bridgehead atoms. The summed E-state index contributed by atoms with van der Waals surface area (Å²) in [4.78, 5) is 2.44. The second kappa shape index (κ2) is 8.63. The Bertz CT molecular complexity index is 1520. The third kappa shape index (κ3) is 3.66. The van der Waals surface area contributed by atoms with Gasteiger partial charge in [-0.15, -0.1) is 0 Å². The molecule has 0 radical (unpaired) electrons. The molecule has 0 fully saturated rings. The zero-order valence-corrected chi connectivity index (χ0v) is 20.5. The molecule has 1 aliphatic rings. The lowest BCUT2D eigenvalue weighted by atomic mass is 9.33. The Morgan fingerprint density at radius 3 is 1.97 bits per heavy atom. The number of para-hydroxylation sites is 2. The van der Waals surface area contributed by atoms with Crippen LogP contribution in [0.4, 0.5) is 17.1 Å². The smallest absolute Gasteiger partial charge is 0.247 e. The lowest BCUT2D eigenvalue weighted by Gasteiger charge is -2.38. The maximum Gasteiger partial charge on any atom is 0.247 e. The minimum atomic E-state index is 0.172. The topological polar surface area (TPSA) is 3.24 Å². The summed E-state index contributed by atoms with van der Waals surface area (Å²) in [5, 5.41) is 0. The van der Waals surface area contributed by atoms with Crippen LogP contribution >= 0.6 is 0 Å². The quantitative estimate of drug-likeness (QED) is 0.276. The standard InChI is InChI=1S/C33H28BN/c1-23-20-25(3)33-32(21-23)35(28-14-8-5-9-15-28)31-17-11-10-16-29(31)34(33)30-22-27(19-18-24(30)2)26-12-6-4-7-13-26/h4-22H,1-3H3. The van der Waals surface area contributed by atoms with Crippen molar-refractivity contribution in [2.45, 2.75) is 20.8 Å². The highest BCUT2D eigenvalue weighted by Crippen LogP contribution is 2.37. The van der Waals surface area contributed by atoms with Gasteiger partial charge in [0.25, 0.3) is 0 Å². The molecule has 1 aliphatic heterocycles. The predicted octanol–water partition coefficient (Wildman–Crippen LogP) is 6.58. The first-order valence-corrected chi connectivity index (χ1v) is 12.3. The highest BCUT2D eigenvalue weighted by Gasteiger charge is 2.37. The molecule has 0 aromatic heterocycles. The van der Waals surface area contributed by atoms with Gasteiger partial charge < -0.3 is 4.90 Å². The van der Waals surface area contributed by atoms with Crippen molar-refractivity contribution in [3.8, 4) is 11.1 Å². The zero-order chi connectivity index (χ0) is 23.9. The number of hydrogen-bond acceptors (Lipinski definition) is 1. The lowest BCUT2D eigenvalue weighted by molar-refractivity contribution is 1.26. The third-order valence-corrected chi connectivity index (χ3v) is 7.24. The van der Waals surface area contributed by atoms with Gasteiger partial charge in [0.05, 0.1) is 0 Å². The Labute approximate surface area is 208 Å². The molecule has 0 unspecified atom stereocenters. The van der Waals surface area contributed by atoms with E-state index in [1.165, 1.54) is 61.3 Å². The molecule has 0 saturated carbocycles. The highest BCUT2D eigenvalue weighted by atomic mass is 15.1. The van der Waals surface area contributed by atoms with Crippen LogP contribution in [0.5, 0.6) is 0 Å². The summed E-state index contributed by atoms with van der Waals surface area (Å²) in [6.45, 7) is 6.89. The monoisotopic (exact) mass is 449 g/mol. The first-order valence-electron chi connectivity index (χ1n) is 12.3. The van der Waals surface area contributed by atoms with E-state index in [2.05, 4.69) is 141 Å². The van der Waals surface area contributed by atoms with E-state index in [0.717, 1.165) is 0 Å². The maximum atomic E-state index is 2.44. The van der Waals surface area contributed by atoms with E-state index in [1.807, 2.05) is 0 Å². The highest BCUT2D eigenvalue weighted by molar-refractivity contribution is 6.98. The Kier molecular flexibility index (Phi) is 5.30. The summed E-state index contributed by atoms with van der Waals surface area (Å²) < 4.78 is 0. The van der Waals surface area contributed by atoms with Crippen LogP contribution in [-0.2, 0) is 0 Å². The molecule has 6 rings (SSSR count). The van der Waals surface area contributed by atoms with Crippen LogP contribution in [0.15, 0.2) is 115 Å². The molecule has 0 aliphatic carbocycles. The summed E-state index contributed by atoms with van der Waals surface area (Å²) in [6, 6.07) is 42.0. The summed E-state index contributed by atoms with van der Waals surface area (Å²) in [6.07, 6.45) is 0. The number of anilines is 3. The number of fused-ring (bicyclic) bond motifs is 2. The average Bonchev–Trinajstić information content (AvgIpc) is 2.89. The lowest BCUT2D eigenvalue weighted by Crippen LogP contribution is -2.58. The van der Waals surface area contributed by atoms with Gasteiger partial charge in [-0.05, 0) is 72.7 Å². The van der Waals surface area contributed by atoms with Gasteiger partial charge in [0.1, 0.15) is 0 Å². The summed E-state index contributed by atoms with van der Waals surface area (Å²) in [5.41, 5.74) is 14.3. The average molecular weight is 449 g/mol. The van der Waals surface area contributed by atoms with Gasteiger partial charge in [-0.2, -0.15) is 0 Å². The van der Waals surface area contributed by atoms with Crippen LogP contribution in [0, 0.1) is 20.8 Å². The van der Waals surface area contributed by atoms with Gasteiger partial charge in [-0.25, -0.2) is 0 Å². The van der Waals surface area contributed by atoms with E-state index in [1.54, 1.807) is 0 Å². The van der Waals surface area contributed by atoms with Crippen molar-refractivity contribution in [3.63, 3.8) is 0 Å². The zero-order valence-electron chi connectivity index (χ0n) is 20.5. The van der Waals surface area contributed by atoms with E-state index in [0.29, 0.717) is 0 Å². The van der Waals surface area contributed by atoms with Crippen molar-refractivity contribution in [1.29, 1.82) is 0 Å². The van der Waals surface area contributed by atoms with E-state index in [-0.39, 0.29) is 6.71 Å². The van der Waals surface area contributed by atoms with Crippen molar-refractivity contribution in [3.05, 3.63) is 132 Å². The fraction of sp³-hybridized carbons (Fsp3) is 0.0909. The molecular formula is C33H28BN. The molecule has 5 aromatic carbocycles. The van der Waals surface area contributed by atoms with Crippen molar-refractivity contribution < 1.29 is 0 Å². The first-order chi connectivity index (χ1) is 17.1. The molecule has 1 heterocycles. The number of rotatable bonds is 3. The van der Waals surface area contributed by atoms with Crippen LogP contribution in [0.2, 0.25) is 0 Å². The predicted molar refractivity (Wildman–Crippen MR) is 152 cm³/mol. The number of hydrogen-bond donors (Lipinski definition) is 0. The molecular weight excluding hydrogens is 421 g/mol. The van der Waals surface area contributed by atoms with E-state index >= 15 is 0 Å². The number of nitrogens with zero attached hydrogens (tertiary/aromatic N) is 1. The second-order valence-corrected chi connectivity index (χ2v) is 9.61. The molecule has 0 atom stereocenters. The van der Waals surface area contributed by atoms with E-state index in [4.69, 9.17) is 0 Å². The first kappa shape index (κ1) is 21.5. The molecule has 1 nitrogen and oxygen atoms in total. The van der Waals surface area contributed by atoms with Crippen molar-refractivity contribution in [1.82, 2.24) is 0 Å². The Morgan fingerprint density at radius 1 is 0.514 bits per heavy atom. The van der Waals surface area contributed by atoms with Gasteiger partial charge >= 0.3 is 0 Å². The molecule has 5 aromatic rings. The molecule has 168 valence electrons. The maximum absolute atomic E-state index is 2.44. The molecule has 0 spiro atoms. The number of aryl methyl sites for hydroxylation is 3. The number of benzene rings is 5. The summed E-state index contributed by atoms with van der Waals surface area (Å²) >= 11 is 0. The van der Waals surface area contributed by atoms with Crippen molar-refractivity contribution in [2.75, 3.05) is 4.90 Å². The molecule has 0 amide bonds. The summed E-state index contributed by atoms with van der Waals surface area (Å²) in [5.74, 6) is 0. The Hall–Kier alpha value is -4.04. The van der Waals surface area contributed by atoms with Crippen molar-refractivity contribution >= 4 is 40.2 Å². The molecule has 2 heteroatoms. The van der Waals surface area contributed by atoms with Crippen LogP contribution in [-0.4, -0.2) is 6.71 Å². The Balaban J connectivity index is 1.64. The van der Waals surface area contributed by atoms with Crippen LogP contribution < -0.4 is 21.3 Å². The van der Waals surface area contributed by atoms with Gasteiger partial charge in [0.2, 0.25) is 6.71 Å². The minimum Gasteiger partial charge on any atom is -0.312 e.